The molecule has 0 aliphatic carbocycles. The molecule has 0 unspecified atom stereocenters. The van der Waals surface area contributed by atoms with Gasteiger partial charge in [-0.3, -0.25) is 28.8 Å². The molecule has 1 saturated heterocycles. The zero-order valence-corrected chi connectivity index (χ0v) is 37.3. The predicted molar refractivity (Wildman–Crippen MR) is 248 cm³/mol. The Balaban J connectivity index is 1.52. The van der Waals surface area contributed by atoms with Crippen LogP contribution in [0.15, 0.2) is 91.1 Å². The molecule has 17 nitrogen and oxygen atoms in total. The molecular weight excluding hydrogens is 859 g/mol. The van der Waals surface area contributed by atoms with Gasteiger partial charge in [0.05, 0.1) is 24.8 Å². The van der Waals surface area contributed by atoms with Gasteiger partial charge in [0.25, 0.3) is 0 Å². The summed E-state index contributed by atoms with van der Waals surface area (Å²) in [6.45, 7) is 1.15. The number of unbranched alkanes of at least 4 members (excludes halogenated alkanes) is 1. The van der Waals surface area contributed by atoms with Crippen LogP contribution in [0.2, 0.25) is 0 Å². The van der Waals surface area contributed by atoms with E-state index in [-0.39, 0.29) is 37.2 Å². The van der Waals surface area contributed by atoms with Gasteiger partial charge in [-0.2, -0.15) is 0 Å². The fourth-order valence-electron chi connectivity index (χ4n) is 7.08. The Bertz CT molecular complexity index is 2160. The van der Waals surface area contributed by atoms with Gasteiger partial charge in [-0.1, -0.05) is 100 Å². The summed E-state index contributed by atoms with van der Waals surface area (Å²) in [7, 11) is 2.24. The van der Waals surface area contributed by atoms with Crippen LogP contribution in [-0.4, -0.2) is 124 Å². The maximum atomic E-state index is 14.5. The van der Waals surface area contributed by atoms with Crippen molar-refractivity contribution in [2.24, 2.45) is 11.5 Å². The number of aliphatic hydroxyl groups is 2. The largest absolute Gasteiger partial charge is 0.394 e. The second-order valence-electron chi connectivity index (χ2n) is 15.7. The number of H-pyrrole nitrogens is 1. The average molecular weight is 918 g/mol. The van der Waals surface area contributed by atoms with E-state index >= 15 is 0 Å². The number of hydrogen-bond donors (Lipinski definition) is 11. The smallest absolute Gasteiger partial charge is 0.244 e. The summed E-state index contributed by atoms with van der Waals surface area (Å²) in [5.74, 6) is -4.22. The monoisotopic (exact) mass is 917 g/mol. The molecule has 1 aliphatic heterocycles. The van der Waals surface area contributed by atoms with Crippen molar-refractivity contribution in [1.82, 2.24) is 36.9 Å². The van der Waals surface area contributed by atoms with Crippen LogP contribution in [0, 0.1) is 0 Å². The molecular formula is C45H59N9O8S2. The molecule has 6 amide bonds. The van der Waals surface area contributed by atoms with E-state index < -0.39 is 90.4 Å². The van der Waals surface area contributed by atoms with Gasteiger partial charge >= 0.3 is 0 Å². The summed E-state index contributed by atoms with van der Waals surface area (Å²) >= 11 is 0. The average Bonchev–Trinajstić information content (AvgIpc) is 3.70. The Hall–Kier alpha value is -5.44. The van der Waals surface area contributed by atoms with E-state index in [0.29, 0.717) is 30.5 Å². The number of aliphatic hydroxyl groups excluding tert-OH is 2. The highest BCUT2D eigenvalue weighted by Gasteiger charge is 2.35. The molecule has 0 saturated carbocycles. The predicted octanol–water partition coefficient (Wildman–Crippen LogP) is 0.329. The van der Waals surface area contributed by atoms with Crippen molar-refractivity contribution in [2.45, 2.75) is 93.8 Å². The van der Waals surface area contributed by atoms with Crippen molar-refractivity contribution < 1.29 is 39.0 Å². The Morgan fingerprint density at radius 1 is 0.766 bits per heavy atom. The molecule has 5 rings (SSSR count). The fourth-order valence-corrected chi connectivity index (χ4v) is 9.41. The van der Waals surface area contributed by atoms with E-state index in [1.807, 2.05) is 60.7 Å². The number of carbonyl (C=O) groups is 6. The lowest BCUT2D eigenvalue weighted by Crippen LogP contribution is -2.60. The third kappa shape index (κ3) is 14.8. The summed E-state index contributed by atoms with van der Waals surface area (Å²) in [5.41, 5.74) is 15.1. The van der Waals surface area contributed by atoms with Gasteiger partial charge in [0, 0.05) is 41.4 Å². The van der Waals surface area contributed by atoms with E-state index in [2.05, 4.69) is 36.9 Å². The highest BCUT2D eigenvalue weighted by atomic mass is 33.1. The van der Waals surface area contributed by atoms with Crippen molar-refractivity contribution in [1.29, 1.82) is 0 Å². The van der Waals surface area contributed by atoms with Crippen molar-refractivity contribution in [3.63, 3.8) is 0 Å². The molecule has 8 atom stereocenters. The number of nitrogens with two attached hydrogens (primary N) is 2. The summed E-state index contributed by atoms with van der Waals surface area (Å²) in [6.07, 6.45) is 1.94. The Labute approximate surface area is 380 Å². The van der Waals surface area contributed by atoms with Crippen LogP contribution < -0.4 is 43.4 Å². The van der Waals surface area contributed by atoms with Gasteiger partial charge in [0.15, 0.2) is 0 Å². The van der Waals surface area contributed by atoms with E-state index in [0.717, 1.165) is 38.1 Å². The van der Waals surface area contributed by atoms with Crippen LogP contribution >= 0.6 is 21.6 Å². The number of benzene rings is 3. The second-order valence-corrected chi connectivity index (χ2v) is 18.3. The van der Waals surface area contributed by atoms with E-state index in [1.165, 1.54) is 6.92 Å². The lowest BCUT2D eigenvalue weighted by atomic mass is 10.0. The maximum absolute atomic E-state index is 14.5. The quantitative estimate of drug-likeness (QED) is 0.0536. The molecule has 2 heterocycles. The summed E-state index contributed by atoms with van der Waals surface area (Å²) in [4.78, 5) is 88.1. The first-order valence-corrected chi connectivity index (χ1v) is 23.8. The van der Waals surface area contributed by atoms with Gasteiger partial charge in [-0.25, -0.2) is 0 Å². The molecule has 344 valence electrons. The lowest BCUT2D eigenvalue weighted by Gasteiger charge is -2.27. The molecule has 4 aromatic rings. The van der Waals surface area contributed by atoms with Crippen molar-refractivity contribution >= 4 is 67.9 Å². The third-order valence-corrected chi connectivity index (χ3v) is 13.2. The van der Waals surface area contributed by atoms with Crippen LogP contribution in [0.25, 0.3) is 10.9 Å². The Morgan fingerprint density at radius 3 is 2.03 bits per heavy atom. The molecule has 64 heavy (non-hydrogen) atoms. The molecule has 0 radical (unpaired) electrons. The van der Waals surface area contributed by atoms with Crippen LogP contribution in [0.4, 0.5) is 0 Å². The van der Waals surface area contributed by atoms with Crippen molar-refractivity contribution in [3.05, 3.63) is 108 Å². The Morgan fingerprint density at radius 2 is 1.36 bits per heavy atom. The van der Waals surface area contributed by atoms with Crippen LogP contribution in [0.1, 0.15) is 42.9 Å². The minimum atomic E-state index is -1.27. The Kier molecular flexibility index (Phi) is 19.5. The number of amides is 6. The molecule has 1 aliphatic rings. The van der Waals surface area contributed by atoms with E-state index in [9.17, 15) is 39.0 Å². The third-order valence-electron chi connectivity index (χ3n) is 10.8. The number of aromatic amines is 1. The molecule has 1 aromatic heterocycles. The fraction of sp³-hybridized carbons (Fsp3) is 0.422. The molecule has 19 heteroatoms. The van der Waals surface area contributed by atoms with E-state index in [1.54, 1.807) is 30.5 Å². The first-order chi connectivity index (χ1) is 30.9. The minimum Gasteiger partial charge on any atom is -0.394 e. The number of nitrogens with one attached hydrogen (secondary N) is 7. The molecule has 0 spiro atoms. The number of rotatable bonds is 16. The van der Waals surface area contributed by atoms with Crippen molar-refractivity contribution in [3.8, 4) is 0 Å². The normalized spacial score (nSPS) is 21.9. The molecule has 1 fully saturated rings. The van der Waals surface area contributed by atoms with E-state index in [4.69, 9.17) is 11.5 Å². The van der Waals surface area contributed by atoms with Crippen LogP contribution in [0.3, 0.4) is 0 Å². The van der Waals surface area contributed by atoms with Gasteiger partial charge in [0.2, 0.25) is 35.4 Å². The SMILES string of the molecule is C[C@@H](O)[C@@H](CO)NC(=O)[C@@H]1CSSC[C@H](NC(=O)[C@@H](N)Cc2ccccc2)C(=O)N[C@@H](Cc2ccccc2)C(=O)N[C@H](Cc2c[nH]c3ccccc23)C(=O)N[C@@H](CCCCN)C(=O)N1. The van der Waals surface area contributed by atoms with Gasteiger partial charge in [-0.15, -0.1) is 0 Å². The highest BCUT2D eigenvalue weighted by Crippen LogP contribution is 2.24. The number of para-hydroxylation sites is 1. The van der Waals surface area contributed by atoms with Gasteiger partial charge in [0.1, 0.15) is 30.2 Å². The van der Waals surface area contributed by atoms with Crippen LogP contribution in [-0.2, 0) is 48.0 Å². The zero-order chi connectivity index (χ0) is 46.0. The summed E-state index contributed by atoms with van der Waals surface area (Å²) in [6, 6.07) is 17.4. The highest BCUT2D eigenvalue weighted by molar-refractivity contribution is 8.76. The second kappa shape index (κ2) is 25.2. The lowest BCUT2D eigenvalue weighted by molar-refractivity contribution is -0.135. The topological polar surface area (TPSA) is 283 Å². The molecule has 0 bridgehead atoms. The number of aromatic nitrogens is 1. The molecule has 13 N–H and O–H groups in total. The first-order valence-electron chi connectivity index (χ1n) is 21.3. The maximum Gasteiger partial charge on any atom is 0.244 e. The number of carbonyl (C=O) groups excluding carboxylic acids is 6. The summed E-state index contributed by atoms with van der Waals surface area (Å²) in [5, 5.41) is 37.5. The zero-order valence-electron chi connectivity index (χ0n) is 35.7. The minimum absolute atomic E-state index is 0.0110. The summed E-state index contributed by atoms with van der Waals surface area (Å²) < 4.78 is 0. The standard InChI is InChI=1S/C45H59N9O8S2/c1-27(56)37(24-55)52-45(62)39-26-64-63-25-38(53-40(57)32(47)20-28-12-4-2-5-13-28)44(61)50-35(21-29-14-6-3-7-15-29)42(59)51-36(22-30-23-48-33-17-9-8-16-31(30)33)43(60)49-34(41(58)54-39)18-10-11-19-46/h2-9,12-17,23,27,32,34-39,48,55-56H,10-11,18-22,24-26,46-47H2,1H3,(H,49,60)(H,50,61)(H,51,59)(H,52,62)(H,53,57)(H,54,58)/t27-,32+,34+,35+,36-,37-,38+,39+/m1/s1. The first kappa shape index (κ1) is 49.6. The van der Waals surface area contributed by atoms with Gasteiger partial charge in [-0.05, 0) is 61.9 Å². The van der Waals surface area contributed by atoms with Crippen molar-refractivity contribution in [2.75, 3.05) is 24.7 Å². The van der Waals surface area contributed by atoms with Crippen LogP contribution in [0.5, 0.6) is 0 Å². The van der Waals surface area contributed by atoms with Gasteiger partial charge < -0.3 is 58.6 Å². The number of fused-ring (bicyclic) bond motifs is 1. The number of hydrogen-bond acceptors (Lipinski definition) is 12. The molecule has 3 aromatic carbocycles.